The zero-order chi connectivity index (χ0) is 25.2. The topological polar surface area (TPSA) is 96.2 Å². The zero-order valence-electron chi connectivity index (χ0n) is 22.2. The number of aliphatic hydroxyl groups is 2. The zero-order valence-corrected chi connectivity index (χ0v) is 22.2. The molecule has 0 amide bonds. The summed E-state index contributed by atoms with van der Waals surface area (Å²) in [6.07, 6.45) is 23.1. The summed E-state index contributed by atoms with van der Waals surface area (Å²) < 4.78 is 11.4. The summed E-state index contributed by atoms with van der Waals surface area (Å²) in [4.78, 5) is 11.7. The fraction of sp³-hybridized carbons (Fsp3) is 0.964. The van der Waals surface area contributed by atoms with Gasteiger partial charge in [-0.25, -0.2) is 4.79 Å². The molecule has 34 heavy (non-hydrogen) atoms. The SMILES string of the molecule is CC(COCCCCCCCCCCCCO)(OCCCCCCCCCCCCO)C(=O)O. The number of aliphatic hydroxyl groups excluding tert-OH is 2. The van der Waals surface area contributed by atoms with Crippen LogP contribution in [0.1, 0.15) is 135 Å². The second-order valence-electron chi connectivity index (χ2n) is 9.96. The van der Waals surface area contributed by atoms with Crippen molar-refractivity contribution >= 4 is 5.97 Å². The summed E-state index contributed by atoms with van der Waals surface area (Å²) in [5, 5.41) is 27.1. The molecular weight excluding hydrogens is 432 g/mol. The van der Waals surface area contributed by atoms with Crippen LogP contribution in [0.5, 0.6) is 0 Å². The van der Waals surface area contributed by atoms with Gasteiger partial charge >= 0.3 is 5.97 Å². The fourth-order valence-corrected chi connectivity index (χ4v) is 4.09. The van der Waals surface area contributed by atoms with Crippen LogP contribution in [0.25, 0.3) is 0 Å². The Balaban J connectivity index is 3.58. The Bertz CT molecular complexity index is 431. The standard InChI is InChI=1S/C28H56O6/c1-28(27(31)32,34-25-21-17-13-9-5-3-7-11-15-19-23-30)26-33-24-20-16-12-8-4-2-6-10-14-18-22-29/h29-30H,2-26H2,1H3,(H,31,32). The van der Waals surface area contributed by atoms with Crippen LogP contribution in [-0.2, 0) is 14.3 Å². The van der Waals surface area contributed by atoms with Gasteiger partial charge in [0.25, 0.3) is 0 Å². The number of rotatable bonds is 28. The Morgan fingerprint density at radius 3 is 1.24 bits per heavy atom. The van der Waals surface area contributed by atoms with Gasteiger partial charge in [0.05, 0.1) is 6.61 Å². The molecule has 0 aromatic carbocycles. The highest BCUT2D eigenvalue weighted by Crippen LogP contribution is 2.16. The fourth-order valence-electron chi connectivity index (χ4n) is 4.09. The largest absolute Gasteiger partial charge is 0.479 e. The summed E-state index contributed by atoms with van der Waals surface area (Å²) >= 11 is 0. The Labute approximate surface area is 209 Å². The molecule has 0 heterocycles. The second kappa shape index (κ2) is 25.4. The third-order valence-corrected chi connectivity index (χ3v) is 6.50. The third-order valence-electron chi connectivity index (χ3n) is 6.50. The highest BCUT2D eigenvalue weighted by Gasteiger charge is 2.34. The Morgan fingerprint density at radius 2 is 0.882 bits per heavy atom. The Hall–Kier alpha value is -0.690. The minimum absolute atomic E-state index is 0.104. The number of carboxylic acid groups (broad SMARTS) is 1. The van der Waals surface area contributed by atoms with Crippen molar-refractivity contribution in [1.29, 1.82) is 0 Å². The van der Waals surface area contributed by atoms with Crippen molar-refractivity contribution < 1.29 is 29.6 Å². The molecule has 0 saturated heterocycles. The summed E-state index contributed by atoms with van der Waals surface area (Å²) in [5.41, 5.74) is -1.26. The predicted molar refractivity (Wildman–Crippen MR) is 139 cm³/mol. The van der Waals surface area contributed by atoms with Crippen LogP contribution >= 0.6 is 0 Å². The molecule has 0 aliphatic carbocycles. The molecule has 0 rings (SSSR count). The van der Waals surface area contributed by atoms with E-state index in [0.717, 1.165) is 51.4 Å². The van der Waals surface area contributed by atoms with Crippen LogP contribution in [0, 0.1) is 0 Å². The predicted octanol–water partition coefficient (Wildman–Crippen LogP) is 6.65. The molecule has 204 valence electrons. The molecular formula is C28H56O6. The first-order chi connectivity index (χ1) is 16.6. The number of ether oxygens (including phenoxy) is 2. The number of hydrogen-bond acceptors (Lipinski definition) is 5. The van der Waals surface area contributed by atoms with E-state index >= 15 is 0 Å². The summed E-state index contributed by atoms with van der Waals surface area (Å²) in [6, 6.07) is 0. The first-order valence-electron chi connectivity index (χ1n) is 14.2. The van der Waals surface area contributed by atoms with E-state index < -0.39 is 11.6 Å². The van der Waals surface area contributed by atoms with Crippen LogP contribution in [0.3, 0.4) is 0 Å². The summed E-state index contributed by atoms with van der Waals surface area (Å²) in [7, 11) is 0. The van der Waals surface area contributed by atoms with Gasteiger partial charge in [-0.2, -0.15) is 0 Å². The molecule has 0 fully saturated rings. The maximum absolute atomic E-state index is 11.7. The highest BCUT2D eigenvalue weighted by molar-refractivity contribution is 5.77. The number of aliphatic carboxylic acids is 1. The molecule has 0 aromatic heterocycles. The van der Waals surface area contributed by atoms with Gasteiger partial charge in [0, 0.05) is 26.4 Å². The van der Waals surface area contributed by atoms with Crippen LogP contribution in [0.4, 0.5) is 0 Å². The number of carboxylic acids is 1. The molecule has 0 saturated carbocycles. The minimum atomic E-state index is -1.26. The third kappa shape index (κ3) is 21.8. The van der Waals surface area contributed by atoms with Crippen molar-refractivity contribution in [2.75, 3.05) is 33.0 Å². The maximum Gasteiger partial charge on any atom is 0.338 e. The van der Waals surface area contributed by atoms with Gasteiger partial charge in [0.2, 0.25) is 0 Å². The Morgan fingerprint density at radius 1 is 0.559 bits per heavy atom. The van der Waals surface area contributed by atoms with Gasteiger partial charge in [0.15, 0.2) is 5.60 Å². The van der Waals surface area contributed by atoms with E-state index in [1.54, 1.807) is 6.92 Å². The second-order valence-corrected chi connectivity index (χ2v) is 9.96. The van der Waals surface area contributed by atoms with E-state index in [4.69, 9.17) is 19.7 Å². The van der Waals surface area contributed by atoms with Gasteiger partial charge in [-0.3, -0.25) is 0 Å². The monoisotopic (exact) mass is 488 g/mol. The smallest absolute Gasteiger partial charge is 0.338 e. The van der Waals surface area contributed by atoms with Crippen molar-refractivity contribution in [3.63, 3.8) is 0 Å². The van der Waals surface area contributed by atoms with Crippen molar-refractivity contribution in [2.24, 2.45) is 0 Å². The lowest BCUT2D eigenvalue weighted by Gasteiger charge is -2.25. The number of hydrogen-bond donors (Lipinski definition) is 3. The molecule has 1 unspecified atom stereocenters. The molecule has 6 heteroatoms. The van der Waals surface area contributed by atoms with Gasteiger partial charge in [-0.1, -0.05) is 103 Å². The van der Waals surface area contributed by atoms with Crippen molar-refractivity contribution in [2.45, 2.75) is 141 Å². The molecule has 0 spiro atoms. The quantitative estimate of drug-likeness (QED) is 0.107. The van der Waals surface area contributed by atoms with E-state index in [0.29, 0.717) is 26.4 Å². The van der Waals surface area contributed by atoms with Gasteiger partial charge in [-0.05, 0) is 32.6 Å². The Kier molecular flexibility index (Phi) is 24.9. The first-order valence-corrected chi connectivity index (χ1v) is 14.2. The lowest BCUT2D eigenvalue weighted by molar-refractivity contribution is -0.172. The van der Waals surface area contributed by atoms with Crippen LogP contribution in [-0.4, -0.2) is 59.9 Å². The molecule has 6 nitrogen and oxygen atoms in total. The van der Waals surface area contributed by atoms with Crippen LogP contribution < -0.4 is 0 Å². The van der Waals surface area contributed by atoms with E-state index in [1.165, 1.54) is 77.0 Å². The van der Waals surface area contributed by atoms with Crippen LogP contribution in [0.2, 0.25) is 0 Å². The van der Waals surface area contributed by atoms with Crippen molar-refractivity contribution in [3.8, 4) is 0 Å². The molecule has 0 aliphatic heterocycles. The highest BCUT2D eigenvalue weighted by atomic mass is 16.6. The molecule has 0 radical (unpaired) electrons. The average molecular weight is 489 g/mol. The number of carbonyl (C=O) groups is 1. The molecule has 0 aromatic rings. The number of unbranched alkanes of at least 4 members (excludes halogenated alkanes) is 18. The summed E-state index contributed by atoms with van der Waals surface area (Å²) in [6.45, 7) is 3.40. The van der Waals surface area contributed by atoms with Crippen molar-refractivity contribution in [3.05, 3.63) is 0 Å². The first kappa shape index (κ1) is 33.3. The molecule has 3 N–H and O–H groups in total. The van der Waals surface area contributed by atoms with Gasteiger partial charge in [-0.15, -0.1) is 0 Å². The molecule has 1 atom stereocenters. The summed E-state index contributed by atoms with van der Waals surface area (Å²) in [5.74, 6) is -0.951. The van der Waals surface area contributed by atoms with Crippen LogP contribution in [0.15, 0.2) is 0 Å². The molecule has 0 aliphatic rings. The van der Waals surface area contributed by atoms with E-state index in [1.807, 2.05) is 0 Å². The average Bonchev–Trinajstić information content (AvgIpc) is 2.82. The van der Waals surface area contributed by atoms with E-state index in [9.17, 15) is 9.90 Å². The molecule has 0 bridgehead atoms. The van der Waals surface area contributed by atoms with Gasteiger partial charge < -0.3 is 24.8 Å². The van der Waals surface area contributed by atoms with Gasteiger partial charge in [0.1, 0.15) is 0 Å². The lowest BCUT2D eigenvalue weighted by atomic mass is 10.1. The normalized spacial score (nSPS) is 13.3. The minimum Gasteiger partial charge on any atom is -0.479 e. The lowest BCUT2D eigenvalue weighted by Crippen LogP contribution is -2.43. The van der Waals surface area contributed by atoms with E-state index in [-0.39, 0.29) is 6.61 Å². The van der Waals surface area contributed by atoms with Crippen molar-refractivity contribution in [1.82, 2.24) is 0 Å². The van der Waals surface area contributed by atoms with E-state index in [2.05, 4.69) is 0 Å². The maximum atomic E-state index is 11.7.